The van der Waals surface area contributed by atoms with Crippen molar-refractivity contribution in [2.75, 3.05) is 13.7 Å². The molecule has 0 heterocycles. The van der Waals surface area contributed by atoms with E-state index >= 15 is 0 Å². The van der Waals surface area contributed by atoms with Crippen LogP contribution in [0.4, 0.5) is 0 Å². The summed E-state index contributed by atoms with van der Waals surface area (Å²) < 4.78 is 5.04. The molecule has 0 aliphatic carbocycles. The molecule has 0 bridgehead atoms. The molecule has 0 aromatic rings. The molecule has 0 aliphatic heterocycles. The molecule has 0 fully saturated rings. The van der Waals surface area contributed by atoms with Crippen LogP contribution in [0, 0.1) is 11.8 Å². The molecule has 0 saturated heterocycles. The zero-order valence-corrected chi connectivity index (χ0v) is 14.0. The van der Waals surface area contributed by atoms with E-state index in [1.807, 2.05) is 0 Å². The van der Waals surface area contributed by atoms with Crippen molar-refractivity contribution in [1.29, 1.82) is 0 Å². The number of hydrogen-bond donors (Lipinski definition) is 0. The summed E-state index contributed by atoms with van der Waals surface area (Å²) in [5, 5.41) is 0. The lowest BCUT2D eigenvalue weighted by Crippen LogP contribution is -1.88. The second-order valence-corrected chi connectivity index (χ2v) is 5.74. The third-order valence-electron chi connectivity index (χ3n) is 3.68. The third-order valence-corrected chi connectivity index (χ3v) is 3.68. The van der Waals surface area contributed by atoms with Crippen LogP contribution in [0.5, 0.6) is 0 Å². The van der Waals surface area contributed by atoms with Crippen LogP contribution in [0.15, 0.2) is 0 Å². The number of hydrogen-bond acceptors (Lipinski definition) is 1. The molecular weight excluding hydrogens is 244 g/mol. The van der Waals surface area contributed by atoms with E-state index in [2.05, 4.69) is 18.8 Å². The maximum absolute atomic E-state index is 5.04. The molecule has 1 nitrogen and oxygen atoms in total. The van der Waals surface area contributed by atoms with Crippen LogP contribution in [-0.2, 0) is 4.74 Å². The quantitative estimate of drug-likeness (QED) is 0.275. The lowest BCUT2D eigenvalue weighted by atomic mass is 10.1. The van der Waals surface area contributed by atoms with E-state index < -0.39 is 0 Å². The predicted molar refractivity (Wildman–Crippen MR) is 90.0 cm³/mol. The first-order valence-corrected chi connectivity index (χ1v) is 8.86. The number of rotatable bonds is 14. The van der Waals surface area contributed by atoms with Crippen LogP contribution < -0.4 is 0 Å². The molecule has 0 saturated carbocycles. The topological polar surface area (TPSA) is 9.23 Å². The minimum Gasteiger partial charge on any atom is -0.385 e. The smallest absolute Gasteiger partial charge is 0.0462 e. The average Bonchev–Trinajstić information content (AvgIpc) is 2.47. The first kappa shape index (κ1) is 19.5. The Labute approximate surface area is 127 Å². The van der Waals surface area contributed by atoms with E-state index in [1.54, 1.807) is 7.11 Å². The summed E-state index contributed by atoms with van der Waals surface area (Å²) in [7, 11) is 1.78. The molecule has 118 valence electrons. The van der Waals surface area contributed by atoms with Crippen molar-refractivity contribution in [3.63, 3.8) is 0 Å². The van der Waals surface area contributed by atoms with Crippen molar-refractivity contribution < 1.29 is 4.74 Å². The maximum Gasteiger partial charge on any atom is 0.0462 e. The average molecular weight is 280 g/mol. The Balaban J connectivity index is 3.06. The predicted octanol–water partition coefficient (Wildman–Crippen LogP) is 6.12. The summed E-state index contributed by atoms with van der Waals surface area (Å²) in [5.74, 6) is 6.66. The highest BCUT2D eigenvalue weighted by Crippen LogP contribution is 2.08. The number of methoxy groups -OCH3 is 1. The fraction of sp³-hybridized carbons (Fsp3) is 0.895. The highest BCUT2D eigenvalue weighted by Gasteiger charge is 1.90. The van der Waals surface area contributed by atoms with E-state index in [9.17, 15) is 0 Å². The second kappa shape index (κ2) is 18.5. The van der Waals surface area contributed by atoms with Gasteiger partial charge in [0.15, 0.2) is 0 Å². The molecule has 20 heavy (non-hydrogen) atoms. The molecule has 0 spiro atoms. The molecule has 1 heteroatoms. The van der Waals surface area contributed by atoms with Gasteiger partial charge < -0.3 is 4.74 Å². The Morgan fingerprint density at radius 2 is 1.05 bits per heavy atom. The standard InChI is InChI=1S/C19H36O/c1-3-4-5-6-7-8-9-10-11-12-13-14-15-16-17-18-19-20-2/h3-9,12-19H2,1-2H3. The van der Waals surface area contributed by atoms with Crippen LogP contribution in [0.1, 0.15) is 96.8 Å². The molecule has 0 rings (SSSR count). The number of unbranched alkanes of at least 4 members (excludes halogenated alkanes) is 12. The third kappa shape index (κ3) is 17.5. The second-order valence-electron chi connectivity index (χ2n) is 5.74. The fourth-order valence-electron chi connectivity index (χ4n) is 2.34. The summed E-state index contributed by atoms with van der Waals surface area (Å²) >= 11 is 0. The Morgan fingerprint density at radius 1 is 0.600 bits per heavy atom. The summed E-state index contributed by atoms with van der Waals surface area (Å²) in [5.41, 5.74) is 0. The molecular formula is C19H36O. The molecule has 0 aliphatic rings. The highest BCUT2D eigenvalue weighted by molar-refractivity contribution is 4.98. The van der Waals surface area contributed by atoms with Crippen molar-refractivity contribution >= 4 is 0 Å². The van der Waals surface area contributed by atoms with E-state index in [4.69, 9.17) is 4.74 Å². The molecule has 0 radical (unpaired) electrons. The van der Waals surface area contributed by atoms with Gasteiger partial charge in [0.25, 0.3) is 0 Å². The van der Waals surface area contributed by atoms with E-state index in [-0.39, 0.29) is 0 Å². The van der Waals surface area contributed by atoms with Gasteiger partial charge in [-0.1, -0.05) is 64.7 Å². The molecule has 0 unspecified atom stereocenters. The van der Waals surface area contributed by atoms with Crippen molar-refractivity contribution in [1.82, 2.24) is 0 Å². The zero-order valence-electron chi connectivity index (χ0n) is 14.0. The van der Waals surface area contributed by atoms with Crippen LogP contribution in [0.2, 0.25) is 0 Å². The van der Waals surface area contributed by atoms with Gasteiger partial charge >= 0.3 is 0 Å². The first-order valence-electron chi connectivity index (χ1n) is 8.86. The van der Waals surface area contributed by atoms with Crippen molar-refractivity contribution in [3.8, 4) is 11.8 Å². The maximum atomic E-state index is 5.04. The lowest BCUT2D eigenvalue weighted by molar-refractivity contribution is 0.192. The van der Waals surface area contributed by atoms with Gasteiger partial charge in [-0.2, -0.15) is 0 Å². The Kier molecular flexibility index (Phi) is 18.1. The Bertz CT molecular complexity index is 224. The van der Waals surface area contributed by atoms with Gasteiger partial charge in [0.1, 0.15) is 0 Å². The largest absolute Gasteiger partial charge is 0.385 e. The Morgan fingerprint density at radius 3 is 1.55 bits per heavy atom. The number of ether oxygens (including phenoxy) is 1. The monoisotopic (exact) mass is 280 g/mol. The highest BCUT2D eigenvalue weighted by atomic mass is 16.5. The summed E-state index contributed by atoms with van der Waals surface area (Å²) in [6.45, 7) is 3.19. The van der Waals surface area contributed by atoms with Crippen molar-refractivity contribution in [3.05, 3.63) is 0 Å². The van der Waals surface area contributed by atoms with Gasteiger partial charge in [0.05, 0.1) is 0 Å². The normalized spacial score (nSPS) is 10.3. The van der Waals surface area contributed by atoms with E-state index in [0.29, 0.717) is 0 Å². The van der Waals surface area contributed by atoms with Gasteiger partial charge in [-0.3, -0.25) is 0 Å². The molecule has 0 atom stereocenters. The van der Waals surface area contributed by atoms with Gasteiger partial charge in [-0.25, -0.2) is 0 Å². The van der Waals surface area contributed by atoms with E-state index in [0.717, 1.165) is 19.4 Å². The van der Waals surface area contributed by atoms with Crippen LogP contribution in [-0.4, -0.2) is 13.7 Å². The zero-order chi connectivity index (χ0) is 14.7. The van der Waals surface area contributed by atoms with Crippen molar-refractivity contribution in [2.45, 2.75) is 96.8 Å². The van der Waals surface area contributed by atoms with E-state index in [1.165, 1.54) is 77.0 Å². The summed E-state index contributed by atoms with van der Waals surface area (Å²) in [6.07, 6.45) is 18.3. The lowest BCUT2D eigenvalue weighted by Gasteiger charge is -1.99. The van der Waals surface area contributed by atoms with Gasteiger partial charge in [-0.15, -0.1) is 11.8 Å². The molecule has 0 aromatic heterocycles. The molecule has 0 aromatic carbocycles. The van der Waals surface area contributed by atoms with Crippen LogP contribution >= 0.6 is 0 Å². The molecule has 0 N–H and O–H groups in total. The first-order chi connectivity index (χ1) is 9.91. The Hall–Kier alpha value is -0.480. The van der Waals surface area contributed by atoms with Gasteiger partial charge in [-0.05, 0) is 19.3 Å². The molecule has 0 amide bonds. The summed E-state index contributed by atoms with van der Waals surface area (Å²) in [4.78, 5) is 0. The minimum absolute atomic E-state index is 0.921. The van der Waals surface area contributed by atoms with Gasteiger partial charge in [0, 0.05) is 26.6 Å². The fourth-order valence-corrected chi connectivity index (χ4v) is 2.34. The summed E-state index contributed by atoms with van der Waals surface area (Å²) in [6, 6.07) is 0. The van der Waals surface area contributed by atoms with Crippen LogP contribution in [0.25, 0.3) is 0 Å². The SMILES string of the molecule is CCCCCCCCC#CCCCCCCCCOC. The minimum atomic E-state index is 0.921. The van der Waals surface area contributed by atoms with Gasteiger partial charge in [0.2, 0.25) is 0 Å². The van der Waals surface area contributed by atoms with Crippen molar-refractivity contribution in [2.24, 2.45) is 0 Å². The van der Waals surface area contributed by atoms with Crippen LogP contribution in [0.3, 0.4) is 0 Å².